The van der Waals surface area contributed by atoms with E-state index < -0.39 is 0 Å². The molecule has 0 radical (unpaired) electrons. The number of hydrogen-bond donors (Lipinski definition) is 1. The minimum Gasteiger partial charge on any atom is -0.352 e. The van der Waals surface area contributed by atoms with Gasteiger partial charge in [-0.3, -0.25) is 4.79 Å². The van der Waals surface area contributed by atoms with Crippen LogP contribution < -0.4 is 4.90 Å². The Morgan fingerprint density at radius 3 is 3.21 bits per heavy atom. The van der Waals surface area contributed by atoms with Gasteiger partial charge in [-0.15, -0.1) is 0 Å². The van der Waals surface area contributed by atoms with E-state index in [1.807, 2.05) is 17.2 Å². The Kier molecular flexibility index (Phi) is 2.24. The van der Waals surface area contributed by atoms with E-state index >= 15 is 0 Å². The molecule has 2 saturated heterocycles. The number of aromatic amines is 1. The predicted molar refractivity (Wildman–Crippen MR) is 70.8 cm³/mol. The largest absolute Gasteiger partial charge is 0.352 e. The molecule has 4 rings (SSSR count). The fourth-order valence-electron chi connectivity index (χ4n) is 3.17. The maximum atomic E-state index is 11.7. The smallest absolute Gasteiger partial charge is 0.223 e. The van der Waals surface area contributed by atoms with Crippen LogP contribution in [0.4, 0.5) is 5.82 Å². The molecule has 19 heavy (non-hydrogen) atoms. The Bertz CT molecular complexity index is 637. The molecule has 2 aromatic rings. The van der Waals surface area contributed by atoms with E-state index in [1.165, 1.54) is 0 Å². The zero-order valence-electron chi connectivity index (χ0n) is 10.5. The summed E-state index contributed by atoms with van der Waals surface area (Å²) in [6, 6.07) is 2.36. The lowest BCUT2D eigenvalue weighted by Crippen LogP contribution is -2.51. The van der Waals surface area contributed by atoms with Gasteiger partial charge in [-0.2, -0.15) is 0 Å². The van der Waals surface area contributed by atoms with Crippen LogP contribution in [0, 0.1) is 0 Å². The Labute approximate surface area is 110 Å². The lowest BCUT2D eigenvalue weighted by Gasteiger charge is -2.38. The SMILES string of the molecule is O=C1CCC2CN(c3ncnc4[nH]ccc34)CCN12. The summed E-state index contributed by atoms with van der Waals surface area (Å²) >= 11 is 0. The number of carbonyl (C=O) groups is 1. The molecule has 2 aliphatic rings. The van der Waals surface area contributed by atoms with Crippen molar-refractivity contribution in [1.29, 1.82) is 0 Å². The van der Waals surface area contributed by atoms with Gasteiger partial charge in [0.05, 0.1) is 5.39 Å². The van der Waals surface area contributed by atoms with E-state index in [4.69, 9.17) is 0 Å². The summed E-state index contributed by atoms with van der Waals surface area (Å²) in [5.74, 6) is 1.28. The number of nitrogens with one attached hydrogen (secondary N) is 1. The lowest BCUT2D eigenvalue weighted by molar-refractivity contribution is -0.129. The molecule has 1 amide bonds. The van der Waals surface area contributed by atoms with E-state index in [0.717, 1.165) is 42.9 Å². The summed E-state index contributed by atoms with van der Waals surface area (Å²) in [6.07, 6.45) is 5.15. The number of carbonyl (C=O) groups excluding carboxylic acids is 1. The van der Waals surface area contributed by atoms with Crippen LogP contribution in [0.3, 0.4) is 0 Å². The van der Waals surface area contributed by atoms with Crippen LogP contribution in [0.1, 0.15) is 12.8 Å². The Morgan fingerprint density at radius 1 is 1.32 bits per heavy atom. The number of piperazine rings is 1. The standard InChI is InChI=1S/C13H15N5O/c19-11-2-1-9-7-17(5-6-18(9)11)13-10-3-4-14-12(10)15-8-16-13/h3-4,8-9H,1-2,5-7H2,(H,14,15,16). The number of rotatable bonds is 1. The molecular formula is C13H15N5O. The minimum atomic E-state index is 0.305. The van der Waals surface area contributed by atoms with Gasteiger partial charge in [0, 0.05) is 38.3 Å². The second kappa shape index (κ2) is 3.94. The van der Waals surface area contributed by atoms with Gasteiger partial charge in [-0.05, 0) is 12.5 Å². The Hall–Kier alpha value is -2.11. The normalized spacial score (nSPS) is 23.2. The highest BCUT2D eigenvalue weighted by molar-refractivity contribution is 5.87. The van der Waals surface area contributed by atoms with E-state index in [9.17, 15) is 4.79 Å². The molecule has 1 N–H and O–H groups in total. The van der Waals surface area contributed by atoms with Gasteiger partial charge in [0.25, 0.3) is 0 Å². The molecule has 6 nitrogen and oxygen atoms in total. The second-order valence-corrected chi connectivity index (χ2v) is 5.16. The zero-order chi connectivity index (χ0) is 12.8. The van der Waals surface area contributed by atoms with Crippen LogP contribution >= 0.6 is 0 Å². The first-order chi connectivity index (χ1) is 9.33. The highest BCUT2D eigenvalue weighted by Gasteiger charge is 2.36. The molecule has 0 saturated carbocycles. The van der Waals surface area contributed by atoms with Crippen molar-refractivity contribution in [3.05, 3.63) is 18.6 Å². The third-order valence-electron chi connectivity index (χ3n) is 4.13. The maximum absolute atomic E-state index is 11.7. The Balaban J connectivity index is 1.67. The van der Waals surface area contributed by atoms with Crippen molar-refractivity contribution in [1.82, 2.24) is 19.9 Å². The lowest BCUT2D eigenvalue weighted by atomic mass is 10.1. The third-order valence-corrected chi connectivity index (χ3v) is 4.13. The van der Waals surface area contributed by atoms with E-state index in [0.29, 0.717) is 18.4 Å². The molecular weight excluding hydrogens is 242 g/mol. The number of hydrogen-bond acceptors (Lipinski definition) is 4. The van der Waals surface area contributed by atoms with Crippen molar-refractivity contribution in [3.8, 4) is 0 Å². The quantitative estimate of drug-likeness (QED) is 0.819. The maximum Gasteiger partial charge on any atom is 0.223 e. The molecule has 0 aromatic carbocycles. The highest BCUT2D eigenvalue weighted by Crippen LogP contribution is 2.28. The van der Waals surface area contributed by atoms with Crippen LogP contribution in [0.25, 0.3) is 11.0 Å². The first kappa shape index (κ1) is 10.8. The summed E-state index contributed by atoms with van der Waals surface area (Å²) < 4.78 is 0. The zero-order valence-corrected chi connectivity index (χ0v) is 10.5. The van der Waals surface area contributed by atoms with Crippen LogP contribution in [0.15, 0.2) is 18.6 Å². The van der Waals surface area contributed by atoms with Gasteiger partial charge < -0.3 is 14.8 Å². The first-order valence-electron chi connectivity index (χ1n) is 6.65. The second-order valence-electron chi connectivity index (χ2n) is 5.16. The molecule has 6 heteroatoms. The summed E-state index contributed by atoms with van der Waals surface area (Å²) in [7, 11) is 0. The van der Waals surface area contributed by atoms with Crippen molar-refractivity contribution in [2.75, 3.05) is 24.5 Å². The minimum absolute atomic E-state index is 0.305. The Morgan fingerprint density at radius 2 is 2.26 bits per heavy atom. The van der Waals surface area contributed by atoms with E-state index in [1.54, 1.807) is 6.33 Å². The van der Waals surface area contributed by atoms with Crippen molar-refractivity contribution in [3.63, 3.8) is 0 Å². The molecule has 0 aliphatic carbocycles. The van der Waals surface area contributed by atoms with E-state index in [2.05, 4.69) is 19.9 Å². The third kappa shape index (κ3) is 1.59. The van der Waals surface area contributed by atoms with Crippen LogP contribution in [-0.4, -0.2) is 51.4 Å². The van der Waals surface area contributed by atoms with Crippen LogP contribution in [-0.2, 0) is 4.79 Å². The van der Waals surface area contributed by atoms with Crippen molar-refractivity contribution < 1.29 is 4.79 Å². The highest BCUT2D eigenvalue weighted by atomic mass is 16.2. The van der Waals surface area contributed by atoms with Crippen molar-refractivity contribution >= 4 is 22.8 Å². The average molecular weight is 257 g/mol. The molecule has 2 fully saturated rings. The van der Waals surface area contributed by atoms with Gasteiger partial charge >= 0.3 is 0 Å². The van der Waals surface area contributed by atoms with Crippen molar-refractivity contribution in [2.24, 2.45) is 0 Å². The van der Waals surface area contributed by atoms with Gasteiger partial charge in [-0.25, -0.2) is 9.97 Å². The predicted octanol–water partition coefficient (Wildman–Crippen LogP) is 0.769. The molecule has 0 bridgehead atoms. The summed E-state index contributed by atoms with van der Waals surface area (Å²) in [5.41, 5.74) is 0.870. The number of H-pyrrole nitrogens is 1. The topological polar surface area (TPSA) is 65.1 Å². The number of amides is 1. The van der Waals surface area contributed by atoms with E-state index in [-0.39, 0.29) is 0 Å². The fourth-order valence-corrected chi connectivity index (χ4v) is 3.17. The van der Waals surface area contributed by atoms with Gasteiger partial charge in [-0.1, -0.05) is 0 Å². The molecule has 2 aromatic heterocycles. The first-order valence-corrected chi connectivity index (χ1v) is 6.65. The van der Waals surface area contributed by atoms with Crippen LogP contribution in [0.5, 0.6) is 0 Å². The summed E-state index contributed by atoms with van der Waals surface area (Å²) in [4.78, 5) is 27.7. The van der Waals surface area contributed by atoms with Crippen LogP contribution in [0.2, 0.25) is 0 Å². The molecule has 0 spiro atoms. The summed E-state index contributed by atoms with van der Waals surface area (Å²) in [5, 5.41) is 1.06. The van der Waals surface area contributed by atoms with Gasteiger partial charge in [0.2, 0.25) is 5.91 Å². The molecule has 1 atom stereocenters. The van der Waals surface area contributed by atoms with Crippen molar-refractivity contribution in [2.45, 2.75) is 18.9 Å². The monoisotopic (exact) mass is 257 g/mol. The fraction of sp³-hybridized carbons (Fsp3) is 0.462. The number of anilines is 1. The number of fused-ring (bicyclic) bond motifs is 2. The van der Waals surface area contributed by atoms with Gasteiger partial charge in [0.1, 0.15) is 17.8 Å². The molecule has 98 valence electrons. The molecule has 2 aliphatic heterocycles. The molecule has 1 unspecified atom stereocenters. The average Bonchev–Trinajstić information content (AvgIpc) is 3.05. The van der Waals surface area contributed by atoms with Gasteiger partial charge in [0.15, 0.2) is 0 Å². The summed E-state index contributed by atoms with van der Waals surface area (Å²) in [6.45, 7) is 2.53. The molecule has 4 heterocycles. The number of nitrogens with zero attached hydrogens (tertiary/aromatic N) is 4. The number of aromatic nitrogens is 3.